The highest BCUT2D eigenvalue weighted by molar-refractivity contribution is 6.54. The molecule has 1 saturated heterocycles. The van der Waals surface area contributed by atoms with Crippen LogP contribution in [0.3, 0.4) is 0 Å². The molecule has 0 aromatic carbocycles. The molecule has 24 heavy (non-hydrogen) atoms. The Hall–Kier alpha value is -1.01. The molecule has 136 valence electrons. The summed E-state index contributed by atoms with van der Waals surface area (Å²) in [4.78, 5) is 13.9. The van der Waals surface area contributed by atoms with Crippen LogP contribution < -0.4 is 0 Å². The van der Waals surface area contributed by atoms with Crippen LogP contribution in [-0.2, 0) is 14.0 Å². The van der Waals surface area contributed by atoms with Crippen molar-refractivity contribution < 1.29 is 18.8 Å². The third-order valence-electron chi connectivity index (χ3n) is 5.25. The third-order valence-corrected chi connectivity index (χ3v) is 5.25. The second-order valence-electron chi connectivity index (χ2n) is 8.80. The van der Waals surface area contributed by atoms with Gasteiger partial charge in [0.2, 0.25) is 0 Å². The fourth-order valence-electron chi connectivity index (χ4n) is 3.15. The van der Waals surface area contributed by atoms with E-state index in [4.69, 9.17) is 14.0 Å². The number of rotatable bonds is 2. The minimum absolute atomic E-state index is 0.265. The van der Waals surface area contributed by atoms with Gasteiger partial charge in [-0.2, -0.15) is 0 Å². The molecule has 1 fully saturated rings. The average Bonchev–Trinajstić information content (AvgIpc) is 2.69. The van der Waals surface area contributed by atoms with Crippen molar-refractivity contribution in [2.75, 3.05) is 13.1 Å². The molecule has 1 atom stereocenters. The summed E-state index contributed by atoms with van der Waals surface area (Å²) >= 11 is 0. The summed E-state index contributed by atoms with van der Waals surface area (Å²) in [6.07, 6.45) is 2.52. The van der Waals surface area contributed by atoms with Gasteiger partial charge in [-0.1, -0.05) is 19.9 Å². The molecule has 2 aliphatic rings. The summed E-state index contributed by atoms with van der Waals surface area (Å²) in [7, 11) is -0.326. The molecule has 6 heteroatoms. The van der Waals surface area contributed by atoms with Gasteiger partial charge in [-0.15, -0.1) is 0 Å². The zero-order valence-corrected chi connectivity index (χ0v) is 16.4. The van der Waals surface area contributed by atoms with Crippen LogP contribution in [0.15, 0.2) is 11.5 Å². The molecule has 0 radical (unpaired) electrons. The summed E-state index contributed by atoms with van der Waals surface area (Å²) in [6, 6.07) is 0. The molecule has 1 amide bonds. The van der Waals surface area contributed by atoms with Crippen molar-refractivity contribution >= 4 is 13.2 Å². The van der Waals surface area contributed by atoms with Crippen molar-refractivity contribution in [1.82, 2.24) is 4.90 Å². The van der Waals surface area contributed by atoms with Crippen LogP contribution >= 0.6 is 0 Å². The van der Waals surface area contributed by atoms with Gasteiger partial charge in [0.05, 0.1) is 11.2 Å². The summed E-state index contributed by atoms with van der Waals surface area (Å²) < 4.78 is 18.0. The summed E-state index contributed by atoms with van der Waals surface area (Å²) in [5.41, 5.74) is -0.0373. The lowest BCUT2D eigenvalue weighted by atomic mass is 9.74. The van der Waals surface area contributed by atoms with Gasteiger partial charge in [0.1, 0.15) is 5.60 Å². The SMILES string of the molecule is CC(C)C1(C)OB(C2=CCN(C(=O)OC(C)(C)C)CC2)OC1(C)C. The van der Waals surface area contributed by atoms with Crippen LogP contribution in [0, 0.1) is 5.92 Å². The zero-order valence-electron chi connectivity index (χ0n) is 16.4. The van der Waals surface area contributed by atoms with Crippen molar-refractivity contribution in [2.24, 2.45) is 5.92 Å². The predicted octanol–water partition coefficient (Wildman–Crippen LogP) is 3.82. The van der Waals surface area contributed by atoms with E-state index in [0.29, 0.717) is 19.0 Å². The second kappa shape index (κ2) is 6.38. The Kier molecular flexibility index (Phi) is 5.13. The van der Waals surface area contributed by atoms with Crippen LogP contribution in [0.1, 0.15) is 61.8 Å². The molecule has 1 unspecified atom stereocenters. The van der Waals surface area contributed by atoms with Gasteiger partial charge in [-0.25, -0.2) is 4.79 Å². The van der Waals surface area contributed by atoms with E-state index < -0.39 is 5.60 Å². The van der Waals surface area contributed by atoms with Crippen molar-refractivity contribution in [3.63, 3.8) is 0 Å². The van der Waals surface area contributed by atoms with Crippen LogP contribution in [0.4, 0.5) is 4.79 Å². The molecule has 2 rings (SSSR count). The van der Waals surface area contributed by atoms with Gasteiger partial charge in [0.25, 0.3) is 0 Å². The Morgan fingerprint density at radius 1 is 1.29 bits per heavy atom. The molecule has 0 N–H and O–H groups in total. The van der Waals surface area contributed by atoms with E-state index in [1.165, 1.54) is 0 Å². The fourth-order valence-corrected chi connectivity index (χ4v) is 3.15. The Labute approximate surface area is 146 Å². The van der Waals surface area contributed by atoms with Crippen LogP contribution in [0.2, 0.25) is 0 Å². The maximum absolute atomic E-state index is 12.1. The first-order valence-electron chi connectivity index (χ1n) is 8.88. The molecule has 0 spiro atoms. The Balaban J connectivity index is 2.03. The first-order chi connectivity index (χ1) is 10.9. The van der Waals surface area contributed by atoms with Crippen LogP contribution in [0.25, 0.3) is 0 Å². The first-order valence-corrected chi connectivity index (χ1v) is 8.88. The molecule has 2 heterocycles. The maximum atomic E-state index is 12.1. The Morgan fingerprint density at radius 3 is 2.33 bits per heavy atom. The first kappa shape index (κ1) is 19.3. The molecular weight excluding hydrogens is 305 g/mol. The van der Waals surface area contributed by atoms with Crippen molar-refractivity contribution in [3.8, 4) is 0 Å². The zero-order chi connectivity index (χ0) is 18.3. The minimum atomic E-state index is -0.470. The maximum Gasteiger partial charge on any atom is 0.490 e. The van der Waals surface area contributed by atoms with E-state index >= 15 is 0 Å². The van der Waals surface area contributed by atoms with Crippen LogP contribution in [0.5, 0.6) is 0 Å². The van der Waals surface area contributed by atoms with Crippen molar-refractivity contribution in [1.29, 1.82) is 0 Å². The number of carbonyl (C=O) groups excluding carboxylic acids is 1. The quantitative estimate of drug-likeness (QED) is 0.719. The topological polar surface area (TPSA) is 48.0 Å². The van der Waals surface area contributed by atoms with E-state index in [1.54, 1.807) is 4.90 Å². The van der Waals surface area contributed by atoms with E-state index in [1.807, 2.05) is 26.8 Å². The van der Waals surface area contributed by atoms with Gasteiger partial charge < -0.3 is 18.9 Å². The predicted molar refractivity (Wildman–Crippen MR) is 95.8 cm³/mol. The van der Waals surface area contributed by atoms with Gasteiger partial charge in [-0.05, 0) is 59.4 Å². The lowest BCUT2D eigenvalue weighted by molar-refractivity contribution is -0.0435. The van der Waals surface area contributed by atoms with Crippen molar-refractivity contribution in [3.05, 3.63) is 11.5 Å². The molecule has 0 saturated carbocycles. The van der Waals surface area contributed by atoms with Gasteiger partial charge >= 0.3 is 13.2 Å². The van der Waals surface area contributed by atoms with E-state index in [2.05, 4.69) is 34.6 Å². The molecule has 0 bridgehead atoms. The Bertz CT molecular complexity index is 524. The summed E-state index contributed by atoms with van der Waals surface area (Å²) in [5, 5.41) is 0. The van der Waals surface area contributed by atoms with E-state index in [-0.39, 0.29) is 24.4 Å². The molecule has 0 aromatic rings. The third kappa shape index (κ3) is 3.80. The van der Waals surface area contributed by atoms with Crippen molar-refractivity contribution in [2.45, 2.75) is 78.6 Å². The molecule has 0 aromatic heterocycles. The van der Waals surface area contributed by atoms with Gasteiger partial charge in [0, 0.05) is 13.1 Å². The summed E-state index contributed by atoms with van der Waals surface area (Å²) in [5.74, 6) is 0.347. The average molecular weight is 337 g/mol. The standard InChI is InChI=1S/C18H32BNO4/c1-13(2)18(8)17(6,7)23-19(24-18)14-9-11-20(12-10-14)15(21)22-16(3,4)5/h9,13H,10-12H2,1-8H3. The molecule has 0 aliphatic carbocycles. The molecular formula is C18H32BNO4. The fraction of sp³-hybridized carbons (Fsp3) is 0.833. The highest BCUT2D eigenvalue weighted by Gasteiger charge is 2.56. The lowest BCUT2D eigenvalue weighted by Gasteiger charge is -2.39. The summed E-state index contributed by atoms with van der Waals surface area (Å²) in [6.45, 7) is 17.4. The molecule has 5 nitrogen and oxygen atoms in total. The number of ether oxygens (including phenoxy) is 1. The van der Waals surface area contributed by atoms with E-state index in [9.17, 15) is 4.79 Å². The lowest BCUT2D eigenvalue weighted by Crippen LogP contribution is -2.48. The normalized spacial score (nSPS) is 27.5. The number of amides is 1. The highest BCUT2D eigenvalue weighted by atomic mass is 16.7. The number of nitrogens with zero attached hydrogens (tertiary/aromatic N) is 1. The minimum Gasteiger partial charge on any atom is -0.444 e. The van der Waals surface area contributed by atoms with Gasteiger partial charge in [-0.3, -0.25) is 0 Å². The van der Waals surface area contributed by atoms with Gasteiger partial charge in [0.15, 0.2) is 0 Å². The molecule has 2 aliphatic heterocycles. The highest BCUT2D eigenvalue weighted by Crippen LogP contribution is 2.44. The monoisotopic (exact) mass is 337 g/mol. The number of hydrogen-bond acceptors (Lipinski definition) is 4. The van der Waals surface area contributed by atoms with E-state index in [0.717, 1.165) is 11.9 Å². The number of hydrogen-bond donors (Lipinski definition) is 0. The largest absolute Gasteiger partial charge is 0.490 e. The number of carbonyl (C=O) groups is 1. The second-order valence-corrected chi connectivity index (χ2v) is 8.80. The smallest absolute Gasteiger partial charge is 0.444 e. The Morgan fingerprint density at radius 2 is 1.92 bits per heavy atom. The van der Waals surface area contributed by atoms with Crippen LogP contribution in [-0.4, -0.2) is 48.0 Å².